The third-order valence-electron chi connectivity index (χ3n) is 3.79. The lowest BCUT2D eigenvalue weighted by molar-refractivity contribution is -0.0219. The van der Waals surface area contributed by atoms with Crippen LogP contribution in [0.1, 0.15) is 35.1 Å². The molecule has 0 radical (unpaired) electrons. The molecule has 0 saturated heterocycles. The summed E-state index contributed by atoms with van der Waals surface area (Å²) in [5.74, 6) is 0. The summed E-state index contributed by atoms with van der Waals surface area (Å²) in [5, 5.41) is 22.9. The summed E-state index contributed by atoms with van der Waals surface area (Å²) in [6.45, 7) is 0.0125. The molecule has 1 aromatic heterocycles. The number of ether oxygens (including phenoxy) is 2. The molecule has 2 N–H and O–H groups in total. The molecule has 2 aromatic rings. The van der Waals surface area contributed by atoms with E-state index in [9.17, 15) is 10.2 Å². The molecular weight excluding hydrogens is 336 g/mol. The average molecular weight is 353 g/mol. The van der Waals surface area contributed by atoms with Crippen LogP contribution in [0.5, 0.6) is 0 Å². The number of hydrogen-bond acceptors (Lipinski definition) is 5. The van der Waals surface area contributed by atoms with Gasteiger partial charge in [0, 0.05) is 11.6 Å². The molecule has 1 atom stereocenters. The SMILES string of the molecule is OCCC[C@@](O)(c1cccc(Cl)c1)c1csc(C2OC=CO2)c1. The van der Waals surface area contributed by atoms with Crippen molar-refractivity contribution in [3.63, 3.8) is 0 Å². The van der Waals surface area contributed by atoms with Crippen LogP contribution in [0.2, 0.25) is 5.02 Å². The van der Waals surface area contributed by atoms with E-state index in [1.807, 2.05) is 23.6 Å². The van der Waals surface area contributed by atoms with E-state index >= 15 is 0 Å². The maximum Gasteiger partial charge on any atom is 0.275 e. The predicted molar refractivity (Wildman–Crippen MR) is 89.1 cm³/mol. The molecule has 122 valence electrons. The minimum Gasteiger partial charge on any atom is -0.454 e. The van der Waals surface area contributed by atoms with Crippen LogP contribution in [0.4, 0.5) is 0 Å². The zero-order chi connectivity index (χ0) is 16.3. The van der Waals surface area contributed by atoms with Crippen LogP contribution in [-0.2, 0) is 15.1 Å². The molecule has 0 unspecified atom stereocenters. The minimum atomic E-state index is -1.21. The molecule has 1 aliphatic rings. The molecule has 2 heterocycles. The number of benzene rings is 1. The van der Waals surface area contributed by atoms with Crippen molar-refractivity contribution in [3.8, 4) is 0 Å². The van der Waals surface area contributed by atoms with E-state index in [0.29, 0.717) is 23.4 Å². The Morgan fingerprint density at radius 1 is 1.17 bits per heavy atom. The first kappa shape index (κ1) is 16.3. The monoisotopic (exact) mass is 352 g/mol. The van der Waals surface area contributed by atoms with E-state index in [-0.39, 0.29) is 6.61 Å². The van der Waals surface area contributed by atoms with Gasteiger partial charge < -0.3 is 19.7 Å². The van der Waals surface area contributed by atoms with Gasteiger partial charge in [-0.3, -0.25) is 0 Å². The van der Waals surface area contributed by atoms with Gasteiger partial charge in [-0.15, -0.1) is 11.3 Å². The Balaban J connectivity index is 1.95. The third-order valence-corrected chi connectivity index (χ3v) is 4.98. The van der Waals surface area contributed by atoms with E-state index in [0.717, 1.165) is 10.4 Å². The molecule has 4 nitrogen and oxygen atoms in total. The van der Waals surface area contributed by atoms with Crippen LogP contribution in [0.25, 0.3) is 0 Å². The number of aliphatic hydroxyl groups excluding tert-OH is 1. The molecule has 1 aromatic carbocycles. The highest BCUT2D eigenvalue weighted by molar-refractivity contribution is 7.10. The lowest BCUT2D eigenvalue weighted by Crippen LogP contribution is -2.27. The third kappa shape index (κ3) is 3.38. The van der Waals surface area contributed by atoms with Crippen LogP contribution < -0.4 is 0 Å². The van der Waals surface area contributed by atoms with Crippen molar-refractivity contribution in [2.45, 2.75) is 24.7 Å². The van der Waals surface area contributed by atoms with Crippen molar-refractivity contribution in [1.82, 2.24) is 0 Å². The van der Waals surface area contributed by atoms with Gasteiger partial charge in [0.05, 0.1) is 4.88 Å². The molecule has 23 heavy (non-hydrogen) atoms. The first-order valence-electron chi connectivity index (χ1n) is 7.27. The fraction of sp³-hybridized carbons (Fsp3) is 0.294. The lowest BCUT2D eigenvalue weighted by atomic mass is 9.84. The summed E-state index contributed by atoms with van der Waals surface area (Å²) in [6.07, 6.45) is 3.41. The van der Waals surface area contributed by atoms with Gasteiger partial charge in [-0.05, 0) is 47.5 Å². The Morgan fingerprint density at radius 3 is 2.65 bits per heavy atom. The van der Waals surface area contributed by atoms with E-state index in [4.69, 9.17) is 21.1 Å². The largest absolute Gasteiger partial charge is 0.454 e. The van der Waals surface area contributed by atoms with E-state index < -0.39 is 11.9 Å². The zero-order valence-electron chi connectivity index (χ0n) is 12.3. The van der Waals surface area contributed by atoms with Gasteiger partial charge in [0.15, 0.2) is 0 Å². The Labute approximate surface area is 143 Å². The summed E-state index contributed by atoms with van der Waals surface area (Å²) >= 11 is 7.54. The highest BCUT2D eigenvalue weighted by Gasteiger charge is 2.33. The predicted octanol–water partition coefficient (Wildman–Crippen LogP) is 3.93. The fourth-order valence-corrected chi connectivity index (χ4v) is 3.74. The van der Waals surface area contributed by atoms with Gasteiger partial charge >= 0.3 is 0 Å². The van der Waals surface area contributed by atoms with E-state index in [1.54, 1.807) is 12.1 Å². The van der Waals surface area contributed by atoms with Crippen LogP contribution in [0, 0.1) is 0 Å². The second kappa shape index (κ2) is 6.93. The summed E-state index contributed by atoms with van der Waals surface area (Å²) in [4.78, 5) is 0.870. The first-order valence-corrected chi connectivity index (χ1v) is 8.53. The van der Waals surface area contributed by atoms with Gasteiger partial charge in [-0.2, -0.15) is 0 Å². The molecule has 0 amide bonds. The summed E-state index contributed by atoms with van der Waals surface area (Å²) in [7, 11) is 0. The van der Waals surface area contributed by atoms with Crippen molar-refractivity contribution < 1.29 is 19.7 Å². The van der Waals surface area contributed by atoms with Crippen molar-refractivity contribution in [1.29, 1.82) is 0 Å². The molecule has 1 aliphatic heterocycles. The fourth-order valence-electron chi connectivity index (χ4n) is 2.60. The van der Waals surface area contributed by atoms with Crippen molar-refractivity contribution in [2.75, 3.05) is 6.61 Å². The minimum absolute atomic E-state index is 0.0125. The molecule has 0 fully saturated rings. The number of rotatable bonds is 6. The van der Waals surface area contributed by atoms with E-state index in [1.165, 1.54) is 23.9 Å². The zero-order valence-corrected chi connectivity index (χ0v) is 13.9. The number of aliphatic hydroxyl groups is 2. The molecule has 0 bridgehead atoms. The Bertz CT molecular complexity index is 691. The van der Waals surface area contributed by atoms with Gasteiger partial charge in [-0.1, -0.05) is 23.7 Å². The van der Waals surface area contributed by atoms with Crippen LogP contribution in [0.3, 0.4) is 0 Å². The summed E-state index contributed by atoms with van der Waals surface area (Å²) < 4.78 is 10.7. The highest BCUT2D eigenvalue weighted by Crippen LogP contribution is 2.39. The number of halogens is 1. The molecular formula is C17H17ClO4S. The quantitative estimate of drug-likeness (QED) is 0.827. The van der Waals surface area contributed by atoms with Gasteiger partial charge in [0.1, 0.15) is 18.1 Å². The molecule has 0 spiro atoms. The lowest BCUT2D eigenvalue weighted by Gasteiger charge is -2.28. The van der Waals surface area contributed by atoms with Crippen molar-refractivity contribution >= 4 is 22.9 Å². The second-order valence-electron chi connectivity index (χ2n) is 5.31. The Morgan fingerprint density at radius 2 is 1.96 bits per heavy atom. The topological polar surface area (TPSA) is 58.9 Å². The summed E-state index contributed by atoms with van der Waals surface area (Å²) in [5.41, 5.74) is 0.232. The molecule has 6 heteroatoms. The number of hydrogen-bond donors (Lipinski definition) is 2. The first-order chi connectivity index (χ1) is 11.1. The maximum absolute atomic E-state index is 11.3. The van der Waals surface area contributed by atoms with Gasteiger partial charge in [0.2, 0.25) is 0 Å². The smallest absolute Gasteiger partial charge is 0.275 e. The normalized spacial score (nSPS) is 16.8. The molecule has 0 aliphatic carbocycles. The maximum atomic E-state index is 11.3. The Hall–Kier alpha value is -1.53. The standard InChI is InChI=1S/C17H17ClO4S/c18-14-4-1-3-12(9-14)17(20,5-2-6-19)13-10-15(23-11-13)16-21-7-8-22-16/h1,3-4,7-11,16,19-20H,2,5-6H2/t17-/m1/s1. The van der Waals surface area contributed by atoms with E-state index in [2.05, 4.69) is 0 Å². The van der Waals surface area contributed by atoms with Crippen LogP contribution in [-0.4, -0.2) is 16.8 Å². The van der Waals surface area contributed by atoms with Crippen molar-refractivity contribution in [3.05, 3.63) is 69.3 Å². The van der Waals surface area contributed by atoms with Crippen LogP contribution in [0.15, 0.2) is 48.2 Å². The number of thiophene rings is 1. The second-order valence-corrected chi connectivity index (χ2v) is 6.69. The highest BCUT2D eigenvalue weighted by atomic mass is 35.5. The summed E-state index contributed by atoms with van der Waals surface area (Å²) in [6, 6.07) is 9.04. The van der Waals surface area contributed by atoms with Crippen molar-refractivity contribution in [2.24, 2.45) is 0 Å². The molecule has 3 rings (SSSR count). The Kier molecular flexibility index (Phi) is 4.92. The average Bonchev–Trinajstić information content (AvgIpc) is 3.23. The van der Waals surface area contributed by atoms with Gasteiger partial charge in [-0.25, -0.2) is 0 Å². The van der Waals surface area contributed by atoms with Crippen LogP contribution >= 0.6 is 22.9 Å². The van der Waals surface area contributed by atoms with Gasteiger partial charge in [0.25, 0.3) is 6.29 Å². The molecule has 0 saturated carbocycles.